The van der Waals surface area contributed by atoms with Gasteiger partial charge in [-0.1, -0.05) is 30.3 Å². The average molecular weight is 254 g/mol. The number of nitrogens with zero attached hydrogens (tertiary/aromatic N) is 1. The molecule has 0 amide bonds. The fraction of sp³-hybridized carbons (Fsp3) is 0.294. The van der Waals surface area contributed by atoms with Crippen molar-refractivity contribution in [2.75, 3.05) is 24.2 Å². The molecule has 0 bridgehead atoms. The van der Waals surface area contributed by atoms with Crippen LogP contribution in [-0.2, 0) is 6.42 Å². The Morgan fingerprint density at radius 1 is 1.05 bits per heavy atom. The minimum atomic E-state index is 0.903. The van der Waals surface area contributed by atoms with Gasteiger partial charge in [0.2, 0.25) is 0 Å². The lowest BCUT2D eigenvalue weighted by Gasteiger charge is -2.19. The van der Waals surface area contributed by atoms with Crippen molar-refractivity contribution in [1.29, 1.82) is 0 Å². The summed E-state index contributed by atoms with van der Waals surface area (Å²) in [5.74, 6) is 0. The molecule has 0 aliphatic rings. The number of para-hydroxylation sites is 1. The smallest absolute Gasteiger partial charge is 0.0366 e. The molecule has 19 heavy (non-hydrogen) atoms. The zero-order valence-corrected chi connectivity index (χ0v) is 11.8. The minimum Gasteiger partial charge on any atom is -0.399 e. The molecule has 0 heterocycles. The summed E-state index contributed by atoms with van der Waals surface area (Å²) in [7, 11) is 2.14. The lowest BCUT2D eigenvalue weighted by atomic mass is 10.1. The van der Waals surface area contributed by atoms with Gasteiger partial charge in [0.15, 0.2) is 0 Å². The van der Waals surface area contributed by atoms with Gasteiger partial charge in [0, 0.05) is 25.0 Å². The highest BCUT2D eigenvalue weighted by molar-refractivity contribution is 5.48. The van der Waals surface area contributed by atoms with Crippen LogP contribution in [0, 0.1) is 6.92 Å². The van der Waals surface area contributed by atoms with Gasteiger partial charge in [-0.2, -0.15) is 0 Å². The highest BCUT2D eigenvalue weighted by Gasteiger charge is 2.02. The maximum absolute atomic E-state index is 5.95. The van der Waals surface area contributed by atoms with Crippen LogP contribution in [0.4, 0.5) is 11.4 Å². The summed E-state index contributed by atoms with van der Waals surface area (Å²) in [5, 5.41) is 0. The zero-order valence-electron chi connectivity index (χ0n) is 11.8. The third-order valence-corrected chi connectivity index (χ3v) is 3.44. The van der Waals surface area contributed by atoms with Crippen LogP contribution >= 0.6 is 0 Å². The van der Waals surface area contributed by atoms with Crippen LogP contribution in [0.15, 0.2) is 48.5 Å². The largest absolute Gasteiger partial charge is 0.399 e. The Hall–Kier alpha value is -1.96. The number of hydrogen-bond acceptors (Lipinski definition) is 2. The van der Waals surface area contributed by atoms with Crippen LogP contribution in [0.1, 0.15) is 17.5 Å². The van der Waals surface area contributed by atoms with Crippen molar-refractivity contribution < 1.29 is 0 Å². The quantitative estimate of drug-likeness (QED) is 0.825. The Labute approximate surface area is 115 Å². The van der Waals surface area contributed by atoms with Crippen molar-refractivity contribution in [2.45, 2.75) is 19.8 Å². The number of rotatable bonds is 5. The molecule has 0 aliphatic carbocycles. The van der Waals surface area contributed by atoms with Gasteiger partial charge in [0.05, 0.1) is 0 Å². The summed E-state index contributed by atoms with van der Waals surface area (Å²) in [6.45, 7) is 3.17. The number of anilines is 2. The third-order valence-electron chi connectivity index (χ3n) is 3.44. The van der Waals surface area contributed by atoms with Gasteiger partial charge in [-0.15, -0.1) is 0 Å². The maximum Gasteiger partial charge on any atom is 0.0366 e. The van der Waals surface area contributed by atoms with Crippen LogP contribution in [0.5, 0.6) is 0 Å². The van der Waals surface area contributed by atoms with E-state index in [1.165, 1.54) is 16.8 Å². The van der Waals surface area contributed by atoms with E-state index in [4.69, 9.17) is 5.73 Å². The molecular formula is C17H22N2. The normalized spacial score (nSPS) is 10.4. The number of nitrogen functional groups attached to an aromatic ring is 1. The number of aryl methyl sites for hydroxylation is 2. The van der Waals surface area contributed by atoms with Crippen molar-refractivity contribution in [3.8, 4) is 0 Å². The van der Waals surface area contributed by atoms with Crippen LogP contribution < -0.4 is 10.6 Å². The van der Waals surface area contributed by atoms with Crippen molar-refractivity contribution in [3.05, 3.63) is 59.7 Å². The van der Waals surface area contributed by atoms with Gasteiger partial charge >= 0.3 is 0 Å². The molecule has 2 aromatic rings. The lowest BCUT2D eigenvalue weighted by Crippen LogP contribution is -2.19. The Kier molecular flexibility index (Phi) is 4.45. The SMILES string of the molecule is Cc1cccc(N(C)CCCc2ccccc2N)c1. The summed E-state index contributed by atoms with van der Waals surface area (Å²) in [4.78, 5) is 2.30. The van der Waals surface area contributed by atoms with E-state index < -0.39 is 0 Å². The van der Waals surface area contributed by atoms with E-state index in [0.717, 1.165) is 25.1 Å². The molecule has 0 fully saturated rings. The summed E-state index contributed by atoms with van der Waals surface area (Å²) < 4.78 is 0. The summed E-state index contributed by atoms with van der Waals surface area (Å²) in [6, 6.07) is 16.7. The maximum atomic E-state index is 5.95. The summed E-state index contributed by atoms with van der Waals surface area (Å²) >= 11 is 0. The molecule has 0 aliphatic heterocycles. The molecule has 2 aromatic carbocycles. The standard InChI is InChI=1S/C17H22N2/c1-14-7-5-10-16(13-14)19(2)12-6-9-15-8-3-4-11-17(15)18/h3-5,7-8,10-11,13H,6,9,12,18H2,1-2H3. The molecule has 0 saturated heterocycles. The number of hydrogen-bond donors (Lipinski definition) is 1. The monoisotopic (exact) mass is 254 g/mol. The Balaban J connectivity index is 1.88. The molecule has 2 nitrogen and oxygen atoms in total. The zero-order chi connectivity index (χ0) is 13.7. The van der Waals surface area contributed by atoms with Gasteiger partial charge in [-0.3, -0.25) is 0 Å². The molecule has 0 unspecified atom stereocenters. The fourth-order valence-electron chi connectivity index (χ4n) is 2.26. The Morgan fingerprint density at radius 3 is 2.58 bits per heavy atom. The second-order valence-corrected chi connectivity index (χ2v) is 5.06. The van der Waals surface area contributed by atoms with Gasteiger partial charge in [-0.05, 0) is 49.1 Å². The molecule has 0 saturated carbocycles. The highest BCUT2D eigenvalue weighted by atomic mass is 15.1. The lowest BCUT2D eigenvalue weighted by molar-refractivity contribution is 0.786. The Bertz CT molecular complexity index is 534. The second-order valence-electron chi connectivity index (χ2n) is 5.06. The fourth-order valence-corrected chi connectivity index (χ4v) is 2.26. The van der Waals surface area contributed by atoms with Crippen molar-refractivity contribution >= 4 is 11.4 Å². The third kappa shape index (κ3) is 3.75. The van der Waals surface area contributed by atoms with Gasteiger partial charge in [-0.25, -0.2) is 0 Å². The van der Waals surface area contributed by atoms with E-state index in [2.05, 4.69) is 55.3 Å². The van der Waals surface area contributed by atoms with E-state index in [1.54, 1.807) is 0 Å². The van der Waals surface area contributed by atoms with Crippen LogP contribution in [-0.4, -0.2) is 13.6 Å². The molecule has 2 rings (SSSR count). The van der Waals surface area contributed by atoms with E-state index in [0.29, 0.717) is 0 Å². The van der Waals surface area contributed by atoms with Crippen molar-refractivity contribution in [3.63, 3.8) is 0 Å². The molecular weight excluding hydrogens is 232 g/mol. The number of benzene rings is 2. The predicted molar refractivity (Wildman–Crippen MR) is 83.6 cm³/mol. The topological polar surface area (TPSA) is 29.3 Å². The highest BCUT2D eigenvalue weighted by Crippen LogP contribution is 2.16. The first-order chi connectivity index (χ1) is 9.16. The minimum absolute atomic E-state index is 0.903. The molecule has 2 N–H and O–H groups in total. The van der Waals surface area contributed by atoms with Gasteiger partial charge in [0.1, 0.15) is 0 Å². The van der Waals surface area contributed by atoms with Crippen molar-refractivity contribution in [1.82, 2.24) is 0 Å². The van der Waals surface area contributed by atoms with Crippen LogP contribution in [0.2, 0.25) is 0 Å². The van der Waals surface area contributed by atoms with Gasteiger partial charge in [0.25, 0.3) is 0 Å². The summed E-state index contributed by atoms with van der Waals surface area (Å²) in [5.41, 5.74) is 10.7. The Morgan fingerprint density at radius 2 is 1.84 bits per heavy atom. The predicted octanol–water partition coefficient (Wildman–Crippen LogP) is 3.65. The second kappa shape index (κ2) is 6.28. The molecule has 0 atom stereocenters. The van der Waals surface area contributed by atoms with Gasteiger partial charge < -0.3 is 10.6 Å². The van der Waals surface area contributed by atoms with E-state index in [1.807, 2.05) is 12.1 Å². The average Bonchev–Trinajstić information content (AvgIpc) is 2.41. The number of nitrogens with two attached hydrogens (primary N) is 1. The van der Waals surface area contributed by atoms with E-state index in [-0.39, 0.29) is 0 Å². The first kappa shape index (κ1) is 13.5. The van der Waals surface area contributed by atoms with E-state index >= 15 is 0 Å². The first-order valence-corrected chi connectivity index (χ1v) is 6.78. The van der Waals surface area contributed by atoms with Crippen LogP contribution in [0.3, 0.4) is 0 Å². The molecule has 2 heteroatoms. The van der Waals surface area contributed by atoms with Crippen LogP contribution in [0.25, 0.3) is 0 Å². The first-order valence-electron chi connectivity index (χ1n) is 6.78. The molecule has 0 spiro atoms. The van der Waals surface area contributed by atoms with Crippen molar-refractivity contribution in [2.24, 2.45) is 0 Å². The molecule has 0 radical (unpaired) electrons. The molecule has 100 valence electrons. The van der Waals surface area contributed by atoms with E-state index in [9.17, 15) is 0 Å². The molecule has 0 aromatic heterocycles. The summed E-state index contributed by atoms with van der Waals surface area (Å²) in [6.07, 6.45) is 2.14.